The summed E-state index contributed by atoms with van der Waals surface area (Å²) in [5.74, 6) is 0. The van der Waals surface area contributed by atoms with Gasteiger partial charge in [0.2, 0.25) is 20.0 Å². The monoisotopic (exact) mass is 327 g/mol. The number of hydrogen-bond acceptors (Lipinski definition) is 5. The van der Waals surface area contributed by atoms with E-state index in [0.717, 1.165) is 6.26 Å². The summed E-state index contributed by atoms with van der Waals surface area (Å²) in [6.45, 7) is -0.178. The average molecular weight is 328 g/mol. The molecule has 0 bridgehead atoms. The van der Waals surface area contributed by atoms with E-state index in [4.69, 9.17) is 17.3 Å². The molecule has 0 aliphatic heterocycles. The second-order valence-corrected chi connectivity index (χ2v) is 7.67. The van der Waals surface area contributed by atoms with Crippen molar-refractivity contribution in [3.63, 3.8) is 0 Å². The normalized spacial score (nSPS) is 12.5. The van der Waals surface area contributed by atoms with E-state index in [2.05, 4.69) is 9.44 Å². The molecule has 10 heteroatoms. The molecular weight excluding hydrogens is 314 g/mol. The van der Waals surface area contributed by atoms with Crippen LogP contribution in [0, 0.1) is 0 Å². The molecule has 0 aliphatic rings. The number of halogens is 1. The molecule has 1 rings (SSSR count). The smallest absolute Gasteiger partial charge is 0.244 e. The van der Waals surface area contributed by atoms with Crippen LogP contribution in [0.25, 0.3) is 0 Å². The van der Waals surface area contributed by atoms with Crippen molar-refractivity contribution >= 4 is 37.3 Å². The predicted octanol–water partition coefficient (Wildman–Crippen LogP) is -0.250. The van der Waals surface area contributed by atoms with Crippen LogP contribution < -0.4 is 15.2 Å². The van der Waals surface area contributed by atoms with Gasteiger partial charge in [0.05, 0.1) is 17.0 Å². The third-order valence-electron chi connectivity index (χ3n) is 2.05. The first-order chi connectivity index (χ1) is 8.63. The first-order valence-electron chi connectivity index (χ1n) is 5.12. The average Bonchev–Trinajstić information content (AvgIpc) is 2.22. The highest BCUT2D eigenvalue weighted by Gasteiger charge is 2.20. The zero-order valence-electron chi connectivity index (χ0n) is 10.1. The minimum absolute atomic E-state index is 0.00331. The highest BCUT2D eigenvalue weighted by atomic mass is 35.5. The Morgan fingerprint density at radius 1 is 1.16 bits per heavy atom. The van der Waals surface area contributed by atoms with E-state index in [1.54, 1.807) is 0 Å². The van der Waals surface area contributed by atoms with Crippen LogP contribution in [0.2, 0.25) is 5.02 Å². The van der Waals surface area contributed by atoms with Crippen LogP contribution in [-0.4, -0.2) is 36.2 Å². The minimum Gasteiger partial charge on any atom is -0.398 e. The standard InChI is InChI=1S/C9H14ClN3O4S2/c1-18(14,15)12-5-6-13-19(16,17)9-7(10)3-2-4-8(9)11/h2-4,12-13H,5-6,11H2,1H3. The SMILES string of the molecule is CS(=O)(=O)NCCNS(=O)(=O)c1c(N)cccc1Cl. The summed E-state index contributed by atoms with van der Waals surface area (Å²) in [6.07, 6.45) is 0.980. The molecule has 0 aromatic heterocycles. The van der Waals surface area contributed by atoms with Gasteiger partial charge in [-0.1, -0.05) is 17.7 Å². The van der Waals surface area contributed by atoms with Gasteiger partial charge in [0, 0.05) is 13.1 Å². The molecular formula is C9H14ClN3O4S2. The fraction of sp³-hybridized carbons (Fsp3) is 0.333. The molecule has 19 heavy (non-hydrogen) atoms. The van der Waals surface area contributed by atoms with E-state index in [9.17, 15) is 16.8 Å². The second-order valence-electron chi connectivity index (χ2n) is 3.72. The van der Waals surface area contributed by atoms with Gasteiger partial charge in [0.15, 0.2) is 0 Å². The first kappa shape index (κ1) is 16.2. The highest BCUT2D eigenvalue weighted by Crippen LogP contribution is 2.26. The van der Waals surface area contributed by atoms with Gasteiger partial charge in [0.25, 0.3) is 0 Å². The van der Waals surface area contributed by atoms with Crippen LogP contribution in [0.5, 0.6) is 0 Å². The van der Waals surface area contributed by atoms with Crippen molar-refractivity contribution in [3.05, 3.63) is 23.2 Å². The lowest BCUT2D eigenvalue weighted by Gasteiger charge is -2.10. The Morgan fingerprint density at radius 3 is 2.26 bits per heavy atom. The van der Waals surface area contributed by atoms with Gasteiger partial charge >= 0.3 is 0 Å². The number of nitrogen functional groups attached to an aromatic ring is 1. The molecule has 0 atom stereocenters. The Hall–Kier alpha value is -0.870. The molecule has 0 aliphatic carbocycles. The Labute approximate surface area is 117 Å². The fourth-order valence-electron chi connectivity index (χ4n) is 1.30. The molecule has 7 nitrogen and oxygen atoms in total. The number of benzene rings is 1. The fourth-order valence-corrected chi connectivity index (χ4v) is 3.48. The first-order valence-corrected chi connectivity index (χ1v) is 8.87. The lowest BCUT2D eigenvalue weighted by atomic mass is 10.3. The summed E-state index contributed by atoms with van der Waals surface area (Å²) in [5.41, 5.74) is 5.59. The molecule has 4 N–H and O–H groups in total. The van der Waals surface area contributed by atoms with Crippen LogP contribution in [-0.2, 0) is 20.0 Å². The number of sulfonamides is 2. The van der Waals surface area contributed by atoms with Crippen LogP contribution >= 0.6 is 11.6 Å². The Bertz CT molecular complexity index is 638. The summed E-state index contributed by atoms with van der Waals surface area (Å²) in [5, 5.41) is 0.00331. The lowest BCUT2D eigenvalue weighted by molar-refractivity contribution is 0.573. The molecule has 0 spiro atoms. The Balaban J connectivity index is 2.77. The largest absolute Gasteiger partial charge is 0.398 e. The Kier molecular flexibility index (Phi) is 5.16. The van der Waals surface area contributed by atoms with Gasteiger partial charge < -0.3 is 5.73 Å². The van der Waals surface area contributed by atoms with E-state index < -0.39 is 20.0 Å². The number of rotatable bonds is 6. The van der Waals surface area contributed by atoms with Crippen molar-refractivity contribution < 1.29 is 16.8 Å². The summed E-state index contributed by atoms with van der Waals surface area (Å²) < 4.78 is 49.9. The van der Waals surface area contributed by atoms with Gasteiger partial charge in [-0.15, -0.1) is 0 Å². The molecule has 0 fully saturated rings. The van der Waals surface area contributed by atoms with Crippen LogP contribution in [0.15, 0.2) is 23.1 Å². The van der Waals surface area contributed by atoms with Crippen LogP contribution in [0.3, 0.4) is 0 Å². The third-order valence-corrected chi connectivity index (χ3v) is 4.78. The molecule has 0 radical (unpaired) electrons. The minimum atomic E-state index is -3.88. The van der Waals surface area contributed by atoms with Gasteiger partial charge in [-0.25, -0.2) is 26.3 Å². The quantitative estimate of drug-likeness (QED) is 0.492. The molecule has 0 saturated heterocycles. The van der Waals surface area contributed by atoms with Gasteiger partial charge in [-0.3, -0.25) is 0 Å². The molecule has 1 aromatic rings. The topological polar surface area (TPSA) is 118 Å². The van der Waals surface area contributed by atoms with Crippen molar-refractivity contribution in [2.75, 3.05) is 25.1 Å². The second kappa shape index (κ2) is 6.06. The molecule has 108 valence electrons. The van der Waals surface area contributed by atoms with Crippen molar-refractivity contribution in [1.82, 2.24) is 9.44 Å². The van der Waals surface area contributed by atoms with Crippen molar-refractivity contribution in [1.29, 1.82) is 0 Å². The number of hydrogen-bond donors (Lipinski definition) is 3. The molecule has 1 aromatic carbocycles. The van der Waals surface area contributed by atoms with Crippen molar-refractivity contribution in [2.24, 2.45) is 0 Å². The lowest BCUT2D eigenvalue weighted by Crippen LogP contribution is -2.34. The van der Waals surface area contributed by atoms with E-state index in [0.29, 0.717) is 0 Å². The van der Waals surface area contributed by atoms with Gasteiger partial charge in [-0.2, -0.15) is 0 Å². The zero-order chi connectivity index (χ0) is 14.7. The Morgan fingerprint density at radius 2 is 1.74 bits per heavy atom. The third kappa shape index (κ3) is 4.96. The summed E-state index contributed by atoms with van der Waals surface area (Å²) in [4.78, 5) is -0.212. The summed E-state index contributed by atoms with van der Waals surface area (Å²) in [7, 11) is -7.24. The molecule has 0 amide bonds. The number of nitrogens with two attached hydrogens (primary N) is 1. The summed E-state index contributed by atoms with van der Waals surface area (Å²) >= 11 is 5.79. The van der Waals surface area contributed by atoms with Gasteiger partial charge in [-0.05, 0) is 12.1 Å². The molecule has 0 unspecified atom stereocenters. The van der Waals surface area contributed by atoms with Crippen molar-refractivity contribution in [3.8, 4) is 0 Å². The number of anilines is 1. The molecule has 0 saturated carbocycles. The molecule has 0 heterocycles. The van der Waals surface area contributed by atoms with Crippen LogP contribution in [0.4, 0.5) is 5.69 Å². The van der Waals surface area contributed by atoms with E-state index in [1.807, 2.05) is 0 Å². The van der Waals surface area contributed by atoms with Crippen LogP contribution in [0.1, 0.15) is 0 Å². The zero-order valence-corrected chi connectivity index (χ0v) is 12.4. The maximum atomic E-state index is 11.9. The van der Waals surface area contributed by atoms with Crippen molar-refractivity contribution in [2.45, 2.75) is 4.90 Å². The maximum Gasteiger partial charge on any atom is 0.244 e. The summed E-state index contributed by atoms with van der Waals surface area (Å²) in [6, 6.07) is 4.35. The predicted molar refractivity (Wildman–Crippen MR) is 73.9 cm³/mol. The maximum absolute atomic E-state index is 11.9. The van der Waals surface area contributed by atoms with Gasteiger partial charge in [0.1, 0.15) is 4.90 Å². The highest BCUT2D eigenvalue weighted by molar-refractivity contribution is 7.90. The van der Waals surface area contributed by atoms with E-state index >= 15 is 0 Å². The van der Waals surface area contributed by atoms with E-state index in [1.165, 1.54) is 18.2 Å². The van der Waals surface area contributed by atoms with E-state index in [-0.39, 0.29) is 28.7 Å². The number of nitrogens with one attached hydrogen (secondary N) is 2.